The summed E-state index contributed by atoms with van der Waals surface area (Å²) in [5, 5.41) is 7.65. The third-order valence-electron chi connectivity index (χ3n) is 2.78. The van der Waals surface area contributed by atoms with Gasteiger partial charge in [0.15, 0.2) is 0 Å². The third kappa shape index (κ3) is 3.34. The second kappa shape index (κ2) is 6.56. The highest BCUT2D eigenvalue weighted by Crippen LogP contribution is 2.23. The first-order chi connectivity index (χ1) is 8.81. The molecule has 0 aliphatic rings. The minimum Gasteiger partial charge on any atom is -0.309 e. The number of aromatic nitrogens is 3. The maximum Gasteiger partial charge on any atom is 0.0772 e. The zero-order valence-corrected chi connectivity index (χ0v) is 11.6. The van der Waals surface area contributed by atoms with Crippen molar-refractivity contribution in [2.45, 2.75) is 32.7 Å². The van der Waals surface area contributed by atoms with Gasteiger partial charge in [-0.1, -0.05) is 17.5 Å². The molecule has 1 unspecified atom stereocenters. The second-order valence-electron chi connectivity index (χ2n) is 4.25. The Morgan fingerprint density at radius 1 is 1.39 bits per heavy atom. The molecule has 1 N–H and O–H groups in total. The SMILES string of the molecule is CCCNC(Cc1ccccn1)c1snnc1C. The van der Waals surface area contributed by atoms with Crippen LogP contribution in [0.3, 0.4) is 0 Å². The monoisotopic (exact) mass is 262 g/mol. The molecule has 18 heavy (non-hydrogen) atoms. The molecular weight excluding hydrogens is 244 g/mol. The van der Waals surface area contributed by atoms with E-state index < -0.39 is 0 Å². The van der Waals surface area contributed by atoms with Crippen molar-refractivity contribution in [1.82, 2.24) is 19.9 Å². The molecule has 96 valence electrons. The van der Waals surface area contributed by atoms with Gasteiger partial charge < -0.3 is 5.32 Å². The van der Waals surface area contributed by atoms with E-state index in [0.717, 1.165) is 30.8 Å². The van der Waals surface area contributed by atoms with Crippen LogP contribution >= 0.6 is 11.5 Å². The molecule has 0 aliphatic carbocycles. The number of hydrogen-bond acceptors (Lipinski definition) is 5. The van der Waals surface area contributed by atoms with Crippen molar-refractivity contribution < 1.29 is 0 Å². The Morgan fingerprint density at radius 3 is 2.89 bits per heavy atom. The van der Waals surface area contributed by atoms with E-state index in [1.165, 1.54) is 16.4 Å². The molecular formula is C13H18N4S. The molecule has 0 saturated carbocycles. The molecule has 0 fully saturated rings. The molecule has 1 atom stereocenters. The molecule has 0 amide bonds. The minimum absolute atomic E-state index is 0.264. The first-order valence-electron chi connectivity index (χ1n) is 6.23. The largest absolute Gasteiger partial charge is 0.309 e. The lowest BCUT2D eigenvalue weighted by Crippen LogP contribution is -2.24. The molecule has 0 spiro atoms. The van der Waals surface area contributed by atoms with Crippen molar-refractivity contribution in [2.24, 2.45) is 0 Å². The molecule has 2 aromatic rings. The lowest BCUT2D eigenvalue weighted by atomic mass is 10.1. The van der Waals surface area contributed by atoms with Gasteiger partial charge in [-0.2, -0.15) is 0 Å². The molecule has 2 heterocycles. The van der Waals surface area contributed by atoms with Crippen LogP contribution in [0.25, 0.3) is 0 Å². The molecule has 5 heteroatoms. The highest BCUT2D eigenvalue weighted by atomic mass is 32.1. The number of aryl methyl sites for hydroxylation is 1. The normalized spacial score (nSPS) is 12.6. The summed E-state index contributed by atoms with van der Waals surface area (Å²) in [6.45, 7) is 5.18. The second-order valence-corrected chi connectivity index (χ2v) is 5.04. The smallest absolute Gasteiger partial charge is 0.0772 e. The van der Waals surface area contributed by atoms with E-state index in [9.17, 15) is 0 Å². The summed E-state index contributed by atoms with van der Waals surface area (Å²) in [6, 6.07) is 6.29. The highest BCUT2D eigenvalue weighted by Gasteiger charge is 2.17. The van der Waals surface area contributed by atoms with Crippen molar-refractivity contribution in [3.05, 3.63) is 40.7 Å². The van der Waals surface area contributed by atoms with Crippen LogP contribution < -0.4 is 5.32 Å². The number of rotatable bonds is 6. The van der Waals surface area contributed by atoms with Crippen LogP contribution in [0.1, 0.15) is 35.7 Å². The maximum absolute atomic E-state index is 4.39. The summed E-state index contributed by atoms with van der Waals surface area (Å²) in [7, 11) is 0. The van der Waals surface area contributed by atoms with Gasteiger partial charge in [0.2, 0.25) is 0 Å². The predicted molar refractivity (Wildman–Crippen MR) is 73.6 cm³/mol. The average Bonchev–Trinajstić information content (AvgIpc) is 2.82. The van der Waals surface area contributed by atoms with E-state index in [0.29, 0.717) is 0 Å². The van der Waals surface area contributed by atoms with E-state index >= 15 is 0 Å². The van der Waals surface area contributed by atoms with Gasteiger partial charge in [-0.05, 0) is 43.6 Å². The fourth-order valence-corrected chi connectivity index (χ4v) is 2.58. The summed E-state index contributed by atoms with van der Waals surface area (Å²) in [6.07, 6.45) is 3.83. The van der Waals surface area contributed by atoms with E-state index in [1.54, 1.807) is 0 Å². The van der Waals surface area contributed by atoms with Crippen LogP contribution in [0, 0.1) is 6.92 Å². The average molecular weight is 262 g/mol. The van der Waals surface area contributed by atoms with Crippen LogP contribution in [0.15, 0.2) is 24.4 Å². The first kappa shape index (κ1) is 13.1. The minimum atomic E-state index is 0.264. The summed E-state index contributed by atoms with van der Waals surface area (Å²) in [4.78, 5) is 5.61. The third-order valence-corrected chi connectivity index (χ3v) is 3.72. The zero-order valence-electron chi connectivity index (χ0n) is 10.8. The number of pyridine rings is 1. The van der Waals surface area contributed by atoms with E-state index in [1.807, 2.05) is 25.3 Å². The summed E-state index contributed by atoms with van der Waals surface area (Å²) in [5.74, 6) is 0. The molecule has 0 aliphatic heterocycles. The van der Waals surface area contributed by atoms with Crippen molar-refractivity contribution >= 4 is 11.5 Å². The maximum atomic E-state index is 4.39. The Hall–Kier alpha value is -1.33. The molecule has 2 aromatic heterocycles. The van der Waals surface area contributed by atoms with Crippen LogP contribution in [0.5, 0.6) is 0 Å². The Bertz CT molecular complexity index is 469. The summed E-state index contributed by atoms with van der Waals surface area (Å²) in [5.41, 5.74) is 2.11. The predicted octanol–water partition coefficient (Wildman–Crippen LogP) is 2.52. The van der Waals surface area contributed by atoms with Crippen LogP contribution in [-0.2, 0) is 6.42 Å². The Morgan fingerprint density at radius 2 is 2.28 bits per heavy atom. The summed E-state index contributed by atoms with van der Waals surface area (Å²) >= 11 is 1.48. The molecule has 2 rings (SSSR count). The quantitative estimate of drug-likeness (QED) is 0.869. The summed E-state index contributed by atoms with van der Waals surface area (Å²) < 4.78 is 4.02. The zero-order chi connectivity index (χ0) is 12.8. The van der Waals surface area contributed by atoms with Gasteiger partial charge in [-0.25, -0.2) is 0 Å². The fourth-order valence-electron chi connectivity index (χ4n) is 1.86. The van der Waals surface area contributed by atoms with Crippen molar-refractivity contribution in [2.75, 3.05) is 6.54 Å². The van der Waals surface area contributed by atoms with E-state index in [4.69, 9.17) is 0 Å². The number of hydrogen-bond donors (Lipinski definition) is 1. The molecule has 0 aromatic carbocycles. The standard InChI is InChI=1S/C13H18N4S/c1-3-7-15-12(13-10(2)16-17-18-13)9-11-6-4-5-8-14-11/h4-6,8,12,15H,3,7,9H2,1-2H3. The van der Waals surface area contributed by atoms with Crippen LogP contribution in [-0.4, -0.2) is 21.1 Å². The van der Waals surface area contributed by atoms with Gasteiger partial charge in [-0.15, -0.1) is 5.10 Å². The number of nitrogens with one attached hydrogen (secondary N) is 1. The topological polar surface area (TPSA) is 50.7 Å². The highest BCUT2D eigenvalue weighted by molar-refractivity contribution is 7.05. The van der Waals surface area contributed by atoms with Gasteiger partial charge in [0.25, 0.3) is 0 Å². The fraction of sp³-hybridized carbons (Fsp3) is 0.462. The number of nitrogens with zero attached hydrogens (tertiary/aromatic N) is 3. The molecule has 0 saturated heterocycles. The van der Waals surface area contributed by atoms with Gasteiger partial charge in [0.1, 0.15) is 0 Å². The van der Waals surface area contributed by atoms with Gasteiger partial charge >= 0.3 is 0 Å². The van der Waals surface area contributed by atoms with Crippen LogP contribution in [0.2, 0.25) is 0 Å². The van der Waals surface area contributed by atoms with Gasteiger partial charge in [0.05, 0.1) is 16.6 Å². The lowest BCUT2D eigenvalue weighted by Gasteiger charge is -2.16. The van der Waals surface area contributed by atoms with E-state index in [2.05, 4.69) is 32.9 Å². The Balaban J connectivity index is 2.13. The van der Waals surface area contributed by atoms with Crippen molar-refractivity contribution in [3.63, 3.8) is 0 Å². The molecule has 4 nitrogen and oxygen atoms in total. The van der Waals surface area contributed by atoms with Gasteiger partial charge in [-0.3, -0.25) is 4.98 Å². The van der Waals surface area contributed by atoms with Crippen LogP contribution in [0.4, 0.5) is 0 Å². The Labute approximate surface area is 112 Å². The van der Waals surface area contributed by atoms with Gasteiger partial charge in [0, 0.05) is 18.3 Å². The van der Waals surface area contributed by atoms with Crippen molar-refractivity contribution in [1.29, 1.82) is 0 Å². The van der Waals surface area contributed by atoms with Crippen molar-refractivity contribution in [3.8, 4) is 0 Å². The molecule has 0 radical (unpaired) electrons. The first-order valence-corrected chi connectivity index (χ1v) is 7.00. The Kier molecular flexibility index (Phi) is 4.78. The van der Waals surface area contributed by atoms with E-state index in [-0.39, 0.29) is 6.04 Å². The molecule has 0 bridgehead atoms. The lowest BCUT2D eigenvalue weighted by molar-refractivity contribution is 0.529.